The monoisotopic (exact) mass is 359 g/mol. The summed E-state index contributed by atoms with van der Waals surface area (Å²) in [5, 5.41) is 0. The summed E-state index contributed by atoms with van der Waals surface area (Å²) < 4.78 is 0. The van der Waals surface area contributed by atoms with Crippen molar-refractivity contribution in [3.05, 3.63) is 77.9 Å². The van der Waals surface area contributed by atoms with Gasteiger partial charge in [0.25, 0.3) is 0 Å². The fourth-order valence-electron chi connectivity index (χ4n) is 3.72. The summed E-state index contributed by atoms with van der Waals surface area (Å²) in [4.78, 5) is 5.13. The molecule has 0 atom stereocenters. The Labute approximate surface area is 161 Å². The first kappa shape index (κ1) is 17.2. The molecule has 0 saturated heterocycles. The van der Waals surface area contributed by atoms with Crippen molar-refractivity contribution in [2.24, 2.45) is 0 Å². The van der Waals surface area contributed by atoms with Gasteiger partial charge in [-0.05, 0) is 47.2 Å². The van der Waals surface area contributed by atoms with Crippen LogP contribution in [0.5, 0.6) is 0 Å². The quantitative estimate of drug-likeness (QED) is 0.366. The third kappa shape index (κ3) is 2.83. The molecule has 0 N–H and O–H groups in total. The van der Waals surface area contributed by atoms with E-state index in [0.29, 0.717) is 11.8 Å². The van der Waals surface area contributed by atoms with Crippen LogP contribution in [0.3, 0.4) is 0 Å². The van der Waals surface area contributed by atoms with Gasteiger partial charge in [0.1, 0.15) is 0 Å². The first-order valence-electron chi connectivity index (χ1n) is 9.36. The zero-order valence-corrected chi connectivity index (χ0v) is 16.7. The van der Waals surface area contributed by atoms with Gasteiger partial charge < -0.3 is 4.90 Å². The predicted octanol–water partition coefficient (Wildman–Crippen LogP) is 7.87. The van der Waals surface area contributed by atoms with Crippen molar-refractivity contribution < 1.29 is 0 Å². The second-order valence-corrected chi connectivity index (χ2v) is 8.55. The van der Waals surface area contributed by atoms with Crippen LogP contribution < -0.4 is 4.90 Å². The van der Waals surface area contributed by atoms with Gasteiger partial charge in [-0.25, -0.2) is 0 Å². The van der Waals surface area contributed by atoms with Crippen molar-refractivity contribution in [3.63, 3.8) is 0 Å². The molecule has 0 radical (unpaired) electrons. The van der Waals surface area contributed by atoms with Gasteiger partial charge in [-0.2, -0.15) is 0 Å². The van der Waals surface area contributed by atoms with E-state index in [2.05, 4.69) is 99.3 Å². The Morgan fingerprint density at radius 2 is 1.08 bits per heavy atom. The summed E-state index contributed by atoms with van der Waals surface area (Å²) >= 11 is 1.87. The first-order valence-corrected chi connectivity index (χ1v) is 10.2. The van der Waals surface area contributed by atoms with Crippen LogP contribution in [-0.4, -0.2) is 0 Å². The van der Waals surface area contributed by atoms with Gasteiger partial charge in [-0.3, -0.25) is 0 Å². The number of fused-ring (bicyclic) bond motifs is 2. The summed E-state index contributed by atoms with van der Waals surface area (Å²) in [5.74, 6) is 0.940. The minimum absolute atomic E-state index is 0.470. The number of hydrogen-bond donors (Lipinski definition) is 0. The summed E-state index contributed by atoms with van der Waals surface area (Å²) in [7, 11) is 0. The molecule has 3 aromatic rings. The minimum atomic E-state index is 0.470. The highest BCUT2D eigenvalue weighted by Gasteiger charge is 2.28. The Balaban J connectivity index is 2.05. The maximum Gasteiger partial charge on any atom is 0.0601 e. The molecule has 0 unspecified atom stereocenters. The normalized spacial score (nSPS) is 13.1. The SMILES string of the molecule is CC(C)c1cccc(C(C)C)c1N1c2ccccc2Sc2ccccc21. The zero-order chi connectivity index (χ0) is 18.3. The van der Waals surface area contributed by atoms with Gasteiger partial charge >= 0.3 is 0 Å². The summed E-state index contributed by atoms with van der Waals surface area (Å²) in [6, 6.07) is 24.3. The molecule has 0 spiro atoms. The highest BCUT2D eigenvalue weighted by atomic mass is 32.2. The summed E-state index contributed by atoms with van der Waals surface area (Å²) in [5.41, 5.74) is 6.75. The number of anilines is 3. The van der Waals surface area contributed by atoms with Crippen molar-refractivity contribution in [3.8, 4) is 0 Å². The van der Waals surface area contributed by atoms with Crippen LogP contribution in [-0.2, 0) is 0 Å². The van der Waals surface area contributed by atoms with E-state index in [1.54, 1.807) is 0 Å². The smallest absolute Gasteiger partial charge is 0.0601 e. The highest BCUT2D eigenvalue weighted by Crippen LogP contribution is 2.53. The minimum Gasteiger partial charge on any atom is -0.308 e. The lowest BCUT2D eigenvalue weighted by molar-refractivity contribution is 0.829. The number of para-hydroxylation sites is 3. The van der Waals surface area contributed by atoms with Crippen molar-refractivity contribution >= 4 is 28.8 Å². The average Bonchev–Trinajstić information content (AvgIpc) is 2.65. The van der Waals surface area contributed by atoms with Crippen LogP contribution in [0.4, 0.5) is 17.1 Å². The molecule has 3 aromatic carbocycles. The molecular weight excluding hydrogens is 334 g/mol. The molecule has 0 aliphatic carbocycles. The lowest BCUT2D eigenvalue weighted by atomic mass is 9.91. The summed E-state index contributed by atoms with van der Waals surface area (Å²) in [6.45, 7) is 9.16. The largest absolute Gasteiger partial charge is 0.308 e. The van der Waals surface area contributed by atoms with E-state index in [9.17, 15) is 0 Å². The van der Waals surface area contributed by atoms with E-state index in [1.807, 2.05) is 11.8 Å². The number of nitrogens with zero attached hydrogens (tertiary/aromatic N) is 1. The molecule has 1 heterocycles. The first-order chi connectivity index (χ1) is 12.6. The van der Waals surface area contributed by atoms with Gasteiger partial charge in [0.05, 0.1) is 17.1 Å². The van der Waals surface area contributed by atoms with Crippen LogP contribution in [0.2, 0.25) is 0 Å². The van der Waals surface area contributed by atoms with E-state index in [-0.39, 0.29) is 0 Å². The Morgan fingerprint density at radius 3 is 1.54 bits per heavy atom. The van der Waals surface area contributed by atoms with E-state index < -0.39 is 0 Å². The Bertz CT molecular complexity index is 871. The van der Waals surface area contributed by atoms with Crippen molar-refractivity contribution in [1.29, 1.82) is 0 Å². The standard InChI is InChI=1S/C24H25NS/c1-16(2)18-10-9-11-19(17(3)4)24(18)25-20-12-5-7-14-22(20)26-23-15-8-6-13-21(23)25/h5-17H,1-4H3. The molecule has 0 fully saturated rings. The number of rotatable bonds is 3. The van der Waals surface area contributed by atoms with E-state index >= 15 is 0 Å². The molecule has 4 rings (SSSR count). The van der Waals surface area contributed by atoms with Gasteiger partial charge in [0.15, 0.2) is 0 Å². The molecule has 26 heavy (non-hydrogen) atoms. The molecular formula is C24H25NS. The van der Waals surface area contributed by atoms with E-state index in [0.717, 1.165) is 0 Å². The molecule has 1 aliphatic rings. The van der Waals surface area contributed by atoms with Crippen LogP contribution in [0.15, 0.2) is 76.5 Å². The second kappa shape index (κ2) is 6.85. The molecule has 2 heteroatoms. The van der Waals surface area contributed by atoms with E-state index in [1.165, 1.54) is 38.0 Å². The Kier molecular flexibility index (Phi) is 4.54. The Hall–Kier alpha value is -2.19. The maximum atomic E-state index is 2.49. The molecule has 0 bridgehead atoms. The van der Waals surface area contributed by atoms with Gasteiger partial charge in [-0.15, -0.1) is 0 Å². The fraction of sp³-hybridized carbons (Fsp3) is 0.250. The number of benzene rings is 3. The predicted molar refractivity (Wildman–Crippen MR) is 113 cm³/mol. The molecule has 0 saturated carbocycles. The van der Waals surface area contributed by atoms with Gasteiger partial charge in [0, 0.05) is 9.79 Å². The van der Waals surface area contributed by atoms with Gasteiger partial charge in [-0.1, -0.05) is 81.9 Å². The van der Waals surface area contributed by atoms with E-state index in [4.69, 9.17) is 0 Å². The third-order valence-corrected chi connectivity index (χ3v) is 6.13. The zero-order valence-electron chi connectivity index (χ0n) is 15.9. The van der Waals surface area contributed by atoms with Gasteiger partial charge in [0.2, 0.25) is 0 Å². The van der Waals surface area contributed by atoms with Crippen molar-refractivity contribution in [1.82, 2.24) is 0 Å². The van der Waals surface area contributed by atoms with Crippen molar-refractivity contribution in [2.45, 2.75) is 49.3 Å². The molecule has 132 valence electrons. The topological polar surface area (TPSA) is 3.24 Å². The molecule has 0 amide bonds. The molecule has 0 aromatic heterocycles. The lowest BCUT2D eigenvalue weighted by Gasteiger charge is -2.36. The van der Waals surface area contributed by atoms with Crippen LogP contribution in [0.25, 0.3) is 0 Å². The fourth-order valence-corrected chi connectivity index (χ4v) is 4.77. The maximum absolute atomic E-state index is 2.49. The summed E-state index contributed by atoms with van der Waals surface area (Å²) in [6.07, 6.45) is 0. The molecule has 1 nitrogen and oxygen atoms in total. The van der Waals surface area contributed by atoms with Crippen LogP contribution >= 0.6 is 11.8 Å². The number of hydrogen-bond acceptors (Lipinski definition) is 2. The van der Waals surface area contributed by atoms with Crippen LogP contribution in [0, 0.1) is 0 Å². The Morgan fingerprint density at radius 1 is 0.615 bits per heavy atom. The molecule has 1 aliphatic heterocycles. The highest BCUT2D eigenvalue weighted by molar-refractivity contribution is 7.99. The lowest BCUT2D eigenvalue weighted by Crippen LogP contribution is -2.19. The van der Waals surface area contributed by atoms with Crippen molar-refractivity contribution in [2.75, 3.05) is 4.90 Å². The second-order valence-electron chi connectivity index (χ2n) is 7.47. The third-order valence-electron chi connectivity index (χ3n) is 5.00. The van der Waals surface area contributed by atoms with Crippen LogP contribution in [0.1, 0.15) is 50.7 Å². The average molecular weight is 360 g/mol.